The fourth-order valence-electron chi connectivity index (χ4n) is 2.91. The number of anilines is 2. The molecule has 1 aliphatic heterocycles. The molecule has 0 bridgehead atoms. The van der Waals surface area contributed by atoms with Gasteiger partial charge >= 0.3 is 5.97 Å². The summed E-state index contributed by atoms with van der Waals surface area (Å²) >= 11 is 6.14. The van der Waals surface area contributed by atoms with Crippen LogP contribution in [-0.4, -0.2) is 24.9 Å². The molecular weight excluding hydrogens is 368 g/mol. The first-order valence-electron chi connectivity index (χ1n) is 8.14. The van der Waals surface area contributed by atoms with Gasteiger partial charge in [0.15, 0.2) is 0 Å². The molecule has 0 fully saturated rings. The number of carbonyl (C=O) groups excluding carboxylic acids is 3. The molecule has 2 amide bonds. The number of aryl methyl sites for hydroxylation is 2. The molecule has 0 spiro atoms. The van der Waals surface area contributed by atoms with E-state index in [1.54, 1.807) is 30.3 Å². The molecule has 6 nitrogen and oxygen atoms in total. The van der Waals surface area contributed by atoms with Gasteiger partial charge in [0.1, 0.15) is 10.7 Å². The van der Waals surface area contributed by atoms with Crippen LogP contribution < -0.4 is 10.2 Å². The number of benzene rings is 2. The van der Waals surface area contributed by atoms with Crippen molar-refractivity contribution < 1.29 is 19.1 Å². The predicted molar refractivity (Wildman–Crippen MR) is 103 cm³/mol. The Labute approximate surface area is 161 Å². The van der Waals surface area contributed by atoms with Gasteiger partial charge in [0.25, 0.3) is 11.8 Å². The van der Waals surface area contributed by atoms with Crippen molar-refractivity contribution in [2.45, 2.75) is 13.8 Å². The van der Waals surface area contributed by atoms with Crippen LogP contribution in [-0.2, 0) is 14.3 Å². The van der Waals surface area contributed by atoms with Gasteiger partial charge < -0.3 is 10.1 Å². The van der Waals surface area contributed by atoms with Crippen molar-refractivity contribution in [2.75, 3.05) is 17.3 Å². The van der Waals surface area contributed by atoms with Crippen molar-refractivity contribution in [1.82, 2.24) is 0 Å². The SMILES string of the molecule is COC(=O)c1cccc(NC2=C(Cl)C(=O)N(c3cc(C)cc(C)c3)C2=O)c1. The molecule has 0 radical (unpaired) electrons. The second-order valence-electron chi connectivity index (χ2n) is 6.18. The Morgan fingerprint density at radius 3 is 2.33 bits per heavy atom. The summed E-state index contributed by atoms with van der Waals surface area (Å²) in [6, 6.07) is 11.8. The second-order valence-corrected chi connectivity index (χ2v) is 6.56. The monoisotopic (exact) mass is 384 g/mol. The third kappa shape index (κ3) is 3.57. The first-order chi connectivity index (χ1) is 12.8. The van der Waals surface area contributed by atoms with Crippen LogP contribution >= 0.6 is 11.6 Å². The van der Waals surface area contributed by atoms with E-state index < -0.39 is 17.8 Å². The summed E-state index contributed by atoms with van der Waals surface area (Å²) in [5.74, 6) is -1.67. The molecule has 3 rings (SSSR count). The van der Waals surface area contributed by atoms with Gasteiger partial charge in [0, 0.05) is 5.69 Å². The van der Waals surface area contributed by atoms with Gasteiger partial charge in [-0.15, -0.1) is 0 Å². The zero-order valence-electron chi connectivity index (χ0n) is 15.0. The van der Waals surface area contributed by atoms with E-state index in [1.165, 1.54) is 13.2 Å². The van der Waals surface area contributed by atoms with Crippen molar-refractivity contribution in [2.24, 2.45) is 0 Å². The van der Waals surface area contributed by atoms with Gasteiger partial charge in [-0.05, 0) is 55.3 Å². The van der Waals surface area contributed by atoms with E-state index in [1.807, 2.05) is 19.9 Å². The highest BCUT2D eigenvalue weighted by atomic mass is 35.5. The number of methoxy groups -OCH3 is 1. The highest BCUT2D eigenvalue weighted by Crippen LogP contribution is 2.31. The molecule has 0 unspecified atom stereocenters. The number of imide groups is 1. The number of nitrogens with one attached hydrogen (secondary N) is 1. The van der Waals surface area contributed by atoms with Crippen LogP contribution in [0.25, 0.3) is 0 Å². The molecule has 0 atom stereocenters. The Morgan fingerprint density at radius 2 is 1.70 bits per heavy atom. The third-order valence-corrected chi connectivity index (χ3v) is 4.40. The first-order valence-corrected chi connectivity index (χ1v) is 8.52. The minimum Gasteiger partial charge on any atom is -0.465 e. The smallest absolute Gasteiger partial charge is 0.337 e. The molecule has 0 saturated carbocycles. The minimum absolute atomic E-state index is 0.0390. The van der Waals surface area contributed by atoms with E-state index in [0.29, 0.717) is 16.9 Å². The Balaban J connectivity index is 1.92. The van der Waals surface area contributed by atoms with Crippen LogP contribution in [0.3, 0.4) is 0 Å². The first kappa shape index (κ1) is 18.7. The molecular formula is C20H17ClN2O4. The maximum absolute atomic E-state index is 12.8. The van der Waals surface area contributed by atoms with Crippen molar-refractivity contribution >= 4 is 40.8 Å². The topological polar surface area (TPSA) is 75.7 Å². The number of hydrogen-bond donors (Lipinski definition) is 1. The number of nitrogens with zero attached hydrogens (tertiary/aromatic N) is 1. The summed E-state index contributed by atoms with van der Waals surface area (Å²) in [6.45, 7) is 3.77. The van der Waals surface area contributed by atoms with Crippen LogP contribution in [0, 0.1) is 13.8 Å². The Morgan fingerprint density at radius 1 is 1.04 bits per heavy atom. The lowest BCUT2D eigenvalue weighted by atomic mass is 10.1. The van der Waals surface area contributed by atoms with E-state index in [4.69, 9.17) is 11.6 Å². The molecule has 1 heterocycles. The predicted octanol–water partition coefficient (Wildman–Crippen LogP) is 3.53. The highest BCUT2D eigenvalue weighted by molar-refractivity contribution is 6.53. The lowest BCUT2D eigenvalue weighted by Crippen LogP contribution is -2.32. The van der Waals surface area contributed by atoms with Crippen LogP contribution in [0.1, 0.15) is 21.5 Å². The lowest BCUT2D eigenvalue weighted by molar-refractivity contribution is -0.120. The van der Waals surface area contributed by atoms with Gasteiger partial charge in [-0.3, -0.25) is 9.59 Å². The number of hydrogen-bond acceptors (Lipinski definition) is 5. The molecule has 2 aromatic carbocycles. The molecule has 0 saturated heterocycles. The Bertz CT molecular complexity index is 977. The zero-order valence-corrected chi connectivity index (χ0v) is 15.8. The third-order valence-electron chi connectivity index (χ3n) is 4.04. The molecule has 1 aliphatic rings. The largest absolute Gasteiger partial charge is 0.465 e. The molecule has 0 aromatic heterocycles. The fourth-order valence-corrected chi connectivity index (χ4v) is 3.12. The van der Waals surface area contributed by atoms with Gasteiger partial charge in [-0.25, -0.2) is 9.69 Å². The van der Waals surface area contributed by atoms with Crippen LogP contribution in [0.15, 0.2) is 53.2 Å². The average Bonchev–Trinajstić information content (AvgIpc) is 2.84. The molecule has 2 aromatic rings. The summed E-state index contributed by atoms with van der Waals surface area (Å²) in [4.78, 5) is 38.1. The van der Waals surface area contributed by atoms with Crippen molar-refractivity contribution in [3.05, 3.63) is 69.9 Å². The molecule has 7 heteroatoms. The summed E-state index contributed by atoms with van der Waals surface area (Å²) in [5, 5.41) is 2.64. The fraction of sp³-hybridized carbons (Fsp3) is 0.150. The number of halogens is 1. The van der Waals surface area contributed by atoms with Crippen LogP contribution in [0.4, 0.5) is 11.4 Å². The summed E-state index contributed by atoms with van der Waals surface area (Å²) in [7, 11) is 1.28. The maximum Gasteiger partial charge on any atom is 0.337 e. The molecule has 1 N–H and O–H groups in total. The second kappa shape index (κ2) is 7.25. The lowest BCUT2D eigenvalue weighted by Gasteiger charge is -2.16. The Hall–Kier alpha value is -3.12. The normalized spacial score (nSPS) is 14.0. The van der Waals surface area contributed by atoms with Crippen LogP contribution in [0.2, 0.25) is 0 Å². The van der Waals surface area contributed by atoms with E-state index in [2.05, 4.69) is 10.1 Å². The van der Waals surface area contributed by atoms with E-state index in [0.717, 1.165) is 16.0 Å². The minimum atomic E-state index is -0.599. The van der Waals surface area contributed by atoms with E-state index in [-0.39, 0.29) is 10.7 Å². The van der Waals surface area contributed by atoms with Gasteiger partial charge in [-0.1, -0.05) is 23.7 Å². The number of esters is 1. The van der Waals surface area contributed by atoms with Gasteiger partial charge in [0.2, 0.25) is 0 Å². The average molecular weight is 385 g/mol. The number of rotatable bonds is 4. The maximum atomic E-state index is 12.8. The van der Waals surface area contributed by atoms with Crippen molar-refractivity contribution in [3.63, 3.8) is 0 Å². The summed E-state index contributed by atoms with van der Waals surface area (Å²) in [6.07, 6.45) is 0. The van der Waals surface area contributed by atoms with Gasteiger partial charge in [0.05, 0.1) is 18.4 Å². The summed E-state index contributed by atoms with van der Waals surface area (Å²) < 4.78 is 4.68. The molecule has 27 heavy (non-hydrogen) atoms. The number of amides is 2. The van der Waals surface area contributed by atoms with E-state index >= 15 is 0 Å². The zero-order chi connectivity index (χ0) is 19.7. The van der Waals surface area contributed by atoms with E-state index in [9.17, 15) is 14.4 Å². The van der Waals surface area contributed by atoms with Crippen LogP contribution in [0.5, 0.6) is 0 Å². The van der Waals surface area contributed by atoms with Crippen molar-refractivity contribution in [1.29, 1.82) is 0 Å². The standard InChI is InChI=1S/C20H17ClN2O4/c1-11-7-12(2)9-15(8-11)23-18(24)16(21)17(19(23)25)22-14-6-4-5-13(10-14)20(26)27-3/h4-10,22H,1-3H3. The summed E-state index contributed by atoms with van der Waals surface area (Å²) in [5.41, 5.74) is 3.02. The van der Waals surface area contributed by atoms with Crippen molar-refractivity contribution in [3.8, 4) is 0 Å². The highest BCUT2D eigenvalue weighted by Gasteiger charge is 2.39. The quantitative estimate of drug-likeness (QED) is 0.644. The molecule has 0 aliphatic carbocycles. The molecule has 138 valence electrons. The number of ether oxygens (including phenoxy) is 1. The Kier molecular flexibility index (Phi) is 5.01. The van der Waals surface area contributed by atoms with Gasteiger partial charge in [-0.2, -0.15) is 0 Å². The number of carbonyl (C=O) groups is 3.